The smallest absolute Gasteiger partial charge is 0.335 e. The Morgan fingerprint density at radius 2 is 1.76 bits per heavy atom. The number of carboxylic acid groups (broad SMARTS) is 1. The van der Waals surface area contributed by atoms with Gasteiger partial charge in [-0.25, -0.2) is 19.2 Å². The first kappa shape index (κ1) is 28.2. The largest absolute Gasteiger partial charge is 0.478 e. The molecule has 5 N–H and O–H groups in total. The van der Waals surface area contributed by atoms with E-state index in [-0.39, 0.29) is 28.5 Å². The van der Waals surface area contributed by atoms with Crippen LogP contribution in [-0.2, 0) is 16.0 Å². The second kappa shape index (κ2) is 12.1. The number of hydrogen-bond donors (Lipinski definition) is 4. The van der Waals surface area contributed by atoms with Gasteiger partial charge in [-0.3, -0.25) is 9.59 Å². The number of carbonyl (C=O) groups is 3. The zero-order chi connectivity index (χ0) is 29.8. The van der Waals surface area contributed by atoms with Crippen LogP contribution in [0.1, 0.15) is 27.5 Å². The summed E-state index contributed by atoms with van der Waals surface area (Å²) in [6.45, 7) is 0.145. The van der Waals surface area contributed by atoms with E-state index in [1.165, 1.54) is 47.6 Å². The highest BCUT2D eigenvalue weighted by Gasteiger charge is 2.37. The standard InChI is InChI=1S/C30H24ClFN6O4/c31-23-5-2-6-25(26(23)32)36-15-24(33)29(40)38-12-11-21-20(18-13-34-16-35-14-18)3-1-4-22(21)27(38)28(39)37-19-9-7-17(8-10-19)30(41)42/h1-10,13-16,27,36H,11-12,33H2,(H,37,39)(H,41,42)/b24-15-. The van der Waals surface area contributed by atoms with Crippen molar-refractivity contribution in [2.24, 2.45) is 5.73 Å². The third-order valence-electron chi connectivity index (χ3n) is 6.78. The van der Waals surface area contributed by atoms with E-state index in [2.05, 4.69) is 20.6 Å². The molecule has 0 spiro atoms. The van der Waals surface area contributed by atoms with E-state index >= 15 is 0 Å². The third-order valence-corrected chi connectivity index (χ3v) is 7.08. The fraction of sp³-hybridized carbons (Fsp3) is 0.100. The molecule has 0 radical (unpaired) electrons. The molecular weight excluding hydrogens is 563 g/mol. The molecule has 0 aliphatic carbocycles. The van der Waals surface area contributed by atoms with E-state index in [0.717, 1.165) is 22.9 Å². The minimum absolute atomic E-state index is 0.0241. The number of benzene rings is 3. The van der Waals surface area contributed by atoms with E-state index < -0.39 is 29.6 Å². The zero-order valence-corrected chi connectivity index (χ0v) is 22.7. The number of aromatic nitrogens is 2. The van der Waals surface area contributed by atoms with Crippen molar-refractivity contribution in [2.45, 2.75) is 12.5 Å². The molecule has 5 rings (SSSR count). The quantitative estimate of drug-likeness (QED) is 0.229. The lowest BCUT2D eigenvalue weighted by atomic mass is 9.86. The van der Waals surface area contributed by atoms with Crippen LogP contribution in [0.15, 0.2) is 91.3 Å². The summed E-state index contributed by atoms with van der Waals surface area (Å²) < 4.78 is 14.3. The Labute approximate surface area is 244 Å². The first-order valence-corrected chi connectivity index (χ1v) is 13.1. The number of nitrogens with two attached hydrogens (primary N) is 1. The van der Waals surface area contributed by atoms with Crippen molar-refractivity contribution in [3.8, 4) is 11.1 Å². The number of nitrogens with zero attached hydrogens (tertiary/aromatic N) is 3. The Morgan fingerprint density at radius 3 is 2.48 bits per heavy atom. The molecule has 42 heavy (non-hydrogen) atoms. The van der Waals surface area contributed by atoms with Crippen molar-refractivity contribution in [3.63, 3.8) is 0 Å². The van der Waals surface area contributed by atoms with Gasteiger partial charge in [-0.15, -0.1) is 0 Å². The highest BCUT2D eigenvalue weighted by molar-refractivity contribution is 6.31. The second-order valence-electron chi connectivity index (χ2n) is 9.37. The highest BCUT2D eigenvalue weighted by atomic mass is 35.5. The number of nitrogens with one attached hydrogen (secondary N) is 2. The maximum absolute atomic E-state index is 14.3. The van der Waals surface area contributed by atoms with E-state index in [1.807, 2.05) is 6.07 Å². The monoisotopic (exact) mass is 586 g/mol. The number of carboxylic acids is 1. The molecule has 2 amide bonds. The van der Waals surface area contributed by atoms with Gasteiger partial charge in [-0.1, -0.05) is 35.9 Å². The third kappa shape index (κ3) is 5.77. The molecule has 3 aromatic carbocycles. The molecule has 1 aromatic heterocycles. The van der Waals surface area contributed by atoms with Crippen molar-refractivity contribution in [1.82, 2.24) is 14.9 Å². The Balaban J connectivity index is 1.50. The van der Waals surface area contributed by atoms with Crippen molar-refractivity contribution >= 4 is 40.8 Å². The van der Waals surface area contributed by atoms with Gasteiger partial charge in [0.2, 0.25) is 0 Å². The molecule has 0 saturated carbocycles. The Bertz CT molecular complexity index is 1700. The number of carbonyl (C=O) groups excluding carboxylic acids is 2. The Morgan fingerprint density at radius 1 is 1.05 bits per heavy atom. The normalized spacial score (nSPS) is 14.6. The molecule has 12 heteroatoms. The average Bonchev–Trinajstić information content (AvgIpc) is 3.01. The van der Waals surface area contributed by atoms with Gasteiger partial charge in [0.25, 0.3) is 11.8 Å². The molecule has 1 aliphatic rings. The van der Waals surface area contributed by atoms with Crippen molar-refractivity contribution in [3.05, 3.63) is 119 Å². The van der Waals surface area contributed by atoms with Crippen molar-refractivity contribution in [1.29, 1.82) is 0 Å². The Kier molecular flexibility index (Phi) is 8.12. The van der Waals surface area contributed by atoms with Gasteiger partial charge in [-0.2, -0.15) is 0 Å². The van der Waals surface area contributed by atoms with Gasteiger partial charge in [0.15, 0.2) is 5.82 Å². The van der Waals surface area contributed by atoms with Gasteiger partial charge in [-0.05, 0) is 59.5 Å². The first-order chi connectivity index (χ1) is 20.2. The summed E-state index contributed by atoms with van der Waals surface area (Å²) in [5, 5.41) is 14.5. The predicted molar refractivity (Wildman–Crippen MR) is 155 cm³/mol. The van der Waals surface area contributed by atoms with Crippen LogP contribution >= 0.6 is 11.6 Å². The first-order valence-electron chi connectivity index (χ1n) is 12.7. The van der Waals surface area contributed by atoms with Crippen LogP contribution in [-0.4, -0.2) is 44.3 Å². The van der Waals surface area contributed by atoms with Gasteiger partial charge in [0.05, 0.1) is 16.3 Å². The molecule has 10 nitrogen and oxygen atoms in total. The van der Waals surface area contributed by atoms with Crippen molar-refractivity contribution in [2.75, 3.05) is 17.2 Å². The lowest BCUT2D eigenvalue weighted by Gasteiger charge is -2.37. The second-order valence-corrected chi connectivity index (χ2v) is 9.78. The lowest BCUT2D eigenvalue weighted by Crippen LogP contribution is -2.47. The fourth-order valence-corrected chi connectivity index (χ4v) is 4.96. The van der Waals surface area contributed by atoms with Crippen LogP contribution in [0.5, 0.6) is 0 Å². The van der Waals surface area contributed by atoms with E-state index in [0.29, 0.717) is 17.7 Å². The van der Waals surface area contributed by atoms with Crippen LogP contribution in [0, 0.1) is 5.82 Å². The van der Waals surface area contributed by atoms with Crippen LogP contribution in [0.3, 0.4) is 0 Å². The van der Waals surface area contributed by atoms with E-state index in [9.17, 15) is 23.9 Å². The van der Waals surface area contributed by atoms with Crippen LogP contribution in [0.25, 0.3) is 11.1 Å². The van der Waals surface area contributed by atoms with E-state index in [4.69, 9.17) is 17.3 Å². The number of fused-ring (bicyclic) bond motifs is 1. The minimum Gasteiger partial charge on any atom is -0.478 e. The predicted octanol–water partition coefficient (Wildman–Crippen LogP) is 4.61. The summed E-state index contributed by atoms with van der Waals surface area (Å²) in [6, 6.07) is 14.4. The lowest BCUT2D eigenvalue weighted by molar-refractivity contribution is -0.136. The van der Waals surface area contributed by atoms with E-state index in [1.54, 1.807) is 30.6 Å². The van der Waals surface area contributed by atoms with Crippen LogP contribution in [0.2, 0.25) is 5.02 Å². The summed E-state index contributed by atoms with van der Waals surface area (Å²) >= 11 is 5.84. The molecule has 2 heterocycles. The molecule has 212 valence electrons. The van der Waals surface area contributed by atoms with Gasteiger partial charge >= 0.3 is 5.97 Å². The number of anilines is 2. The SMILES string of the molecule is N/C(=C\Nc1cccc(Cl)c1F)C(=O)N1CCc2c(-c3cncnc3)cccc2C1C(=O)Nc1ccc(C(=O)O)cc1. The topological polar surface area (TPSA) is 151 Å². The summed E-state index contributed by atoms with van der Waals surface area (Å²) in [5.74, 6) is -2.98. The fourth-order valence-electron chi connectivity index (χ4n) is 4.78. The van der Waals surface area contributed by atoms with Gasteiger partial charge in [0.1, 0.15) is 18.1 Å². The number of aromatic carboxylic acids is 1. The zero-order valence-electron chi connectivity index (χ0n) is 21.9. The van der Waals surface area contributed by atoms with Crippen LogP contribution < -0.4 is 16.4 Å². The highest BCUT2D eigenvalue weighted by Crippen LogP contribution is 2.37. The molecule has 1 unspecified atom stereocenters. The molecule has 4 aromatic rings. The number of amides is 2. The summed E-state index contributed by atoms with van der Waals surface area (Å²) in [4.78, 5) is 48.2. The molecule has 0 fully saturated rings. The molecule has 0 saturated heterocycles. The summed E-state index contributed by atoms with van der Waals surface area (Å²) in [6.07, 6.45) is 6.32. The number of rotatable bonds is 7. The van der Waals surface area contributed by atoms with Gasteiger partial charge in [0, 0.05) is 36.4 Å². The minimum atomic E-state index is -1.10. The maximum Gasteiger partial charge on any atom is 0.335 e. The van der Waals surface area contributed by atoms with Crippen LogP contribution in [0.4, 0.5) is 15.8 Å². The Hall–Kier alpha value is -5.29. The maximum atomic E-state index is 14.3. The number of halogens is 2. The molecular formula is C30H24ClFN6O4. The summed E-state index contributed by atoms with van der Waals surface area (Å²) in [5.41, 5.74) is 9.31. The number of hydrogen-bond acceptors (Lipinski definition) is 7. The molecule has 1 atom stereocenters. The van der Waals surface area contributed by atoms with Gasteiger partial charge < -0.3 is 26.4 Å². The molecule has 0 bridgehead atoms. The average molecular weight is 587 g/mol. The molecule has 1 aliphatic heterocycles. The van der Waals surface area contributed by atoms with Crippen molar-refractivity contribution < 1.29 is 23.9 Å². The summed E-state index contributed by atoms with van der Waals surface area (Å²) in [7, 11) is 0.